The molecule has 0 amide bonds. The highest BCUT2D eigenvalue weighted by Crippen LogP contribution is 2.34. The SMILES string of the molecule is COC(=O)CCOc1ccc(OCCC(=O)OC)c(N2CCCC2)c1. The van der Waals surface area contributed by atoms with E-state index in [-0.39, 0.29) is 38.0 Å². The molecule has 0 atom stereocenters. The molecule has 25 heavy (non-hydrogen) atoms. The molecule has 0 saturated carbocycles. The number of carbonyl (C=O) groups excluding carboxylic acids is 2. The Morgan fingerprint density at radius 3 is 2.16 bits per heavy atom. The van der Waals surface area contributed by atoms with E-state index in [9.17, 15) is 9.59 Å². The summed E-state index contributed by atoms with van der Waals surface area (Å²) in [6.07, 6.45) is 2.67. The van der Waals surface area contributed by atoms with Crippen LogP contribution in [-0.4, -0.2) is 52.5 Å². The molecule has 0 radical (unpaired) electrons. The van der Waals surface area contributed by atoms with Crippen molar-refractivity contribution in [2.75, 3.05) is 45.4 Å². The highest BCUT2D eigenvalue weighted by molar-refractivity contribution is 5.70. The number of nitrogens with zero attached hydrogens (tertiary/aromatic N) is 1. The van der Waals surface area contributed by atoms with E-state index < -0.39 is 0 Å². The van der Waals surface area contributed by atoms with Crippen molar-refractivity contribution in [2.45, 2.75) is 25.7 Å². The minimum atomic E-state index is -0.303. The summed E-state index contributed by atoms with van der Waals surface area (Å²) in [5.41, 5.74) is 0.943. The van der Waals surface area contributed by atoms with E-state index in [1.165, 1.54) is 14.2 Å². The average Bonchev–Trinajstić information content (AvgIpc) is 3.16. The van der Waals surface area contributed by atoms with Gasteiger partial charge in [-0.05, 0) is 25.0 Å². The minimum absolute atomic E-state index is 0.201. The Hall–Kier alpha value is -2.44. The molecule has 1 saturated heterocycles. The van der Waals surface area contributed by atoms with Crippen LogP contribution in [0.3, 0.4) is 0 Å². The van der Waals surface area contributed by atoms with Gasteiger partial charge in [0.25, 0.3) is 0 Å². The zero-order valence-electron chi connectivity index (χ0n) is 14.8. The fourth-order valence-electron chi connectivity index (χ4n) is 2.61. The molecule has 138 valence electrons. The largest absolute Gasteiger partial charge is 0.493 e. The van der Waals surface area contributed by atoms with Crippen molar-refractivity contribution in [3.05, 3.63) is 18.2 Å². The van der Waals surface area contributed by atoms with Gasteiger partial charge in [-0.25, -0.2) is 0 Å². The van der Waals surface area contributed by atoms with E-state index >= 15 is 0 Å². The van der Waals surface area contributed by atoms with Gasteiger partial charge in [-0.1, -0.05) is 0 Å². The Balaban J connectivity index is 2.02. The van der Waals surface area contributed by atoms with E-state index in [0.29, 0.717) is 11.5 Å². The molecular formula is C18H25NO6. The first kappa shape index (κ1) is 18.9. The number of hydrogen-bond donors (Lipinski definition) is 0. The van der Waals surface area contributed by atoms with Gasteiger partial charge in [0, 0.05) is 19.2 Å². The molecule has 1 aliphatic rings. The monoisotopic (exact) mass is 351 g/mol. The smallest absolute Gasteiger partial charge is 0.308 e. The molecule has 1 aliphatic heterocycles. The van der Waals surface area contributed by atoms with Crippen molar-refractivity contribution < 1.29 is 28.5 Å². The second-order valence-corrected chi connectivity index (χ2v) is 5.67. The highest BCUT2D eigenvalue weighted by Gasteiger charge is 2.18. The third-order valence-corrected chi connectivity index (χ3v) is 3.97. The fraction of sp³-hybridized carbons (Fsp3) is 0.556. The van der Waals surface area contributed by atoms with Gasteiger partial charge in [0.15, 0.2) is 0 Å². The number of ether oxygens (including phenoxy) is 4. The summed E-state index contributed by atoms with van der Waals surface area (Å²) in [6.45, 7) is 2.43. The summed E-state index contributed by atoms with van der Waals surface area (Å²) in [6, 6.07) is 5.54. The highest BCUT2D eigenvalue weighted by atomic mass is 16.5. The topological polar surface area (TPSA) is 74.3 Å². The van der Waals surface area contributed by atoms with Gasteiger partial charge >= 0.3 is 11.9 Å². The van der Waals surface area contributed by atoms with E-state index in [1.807, 2.05) is 12.1 Å². The number of hydrogen-bond acceptors (Lipinski definition) is 7. The van der Waals surface area contributed by atoms with Gasteiger partial charge in [0.05, 0.1) is 46.0 Å². The van der Waals surface area contributed by atoms with Crippen LogP contribution in [0, 0.1) is 0 Å². The molecule has 0 spiro atoms. The Labute approximate surface area is 147 Å². The molecular weight excluding hydrogens is 326 g/mol. The maximum absolute atomic E-state index is 11.2. The van der Waals surface area contributed by atoms with Crippen molar-refractivity contribution in [3.8, 4) is 11.5 Å². The first-order valence-electron chi connectivity index (χ1n) is 8.42. The van der Waals surface area contributed by atoms with Crippen LogP contribution < -0.4 is 14.4 Å². The number of benzene rings is 1. The normalized spacial score (nSPS) is 13.4. The van der Waals surface area contributed by atoms with E-state index in [0.717, 1.165) is 31.6 Å². The molecule has 0 unspecified atom stereocenters. The van der Waals surface area contributed by atoms with Gasteiger partial charge in [-0.2, -0.15) is 0 Å². The third kappa shape index (κ3) is 5.85. The lowest BCUT2D eigenvalue weighted by molar-refractivity contribution is -0.142. The molecule has 2 rings (SSSR count). The molecule has 1 fully saturated rings. The van der Waals surface area contributed by atoms with Gasteiger partial charge in [-0.15, -0.1) is 0 Å². The average molecular weight is 351 g/mol. The lowest BCUT2D eigenvalue weighted by Crippen LogP contribution is -2.19. The van der Waals surface area contributed by atoms with Gasteiger partial charge in [-0.3, -0.25) is 9.59 Å². The van der Waals surface area contributed by atoms with Gasteiger partial charge < -0.3 is 23.8 Å². The first-order valence-corrected chi connectivity index (χ1v) is 8.42. The summed E-state index contributed by atoms with van der Waals surface area (Å²) >= 11 is 0. The van der Waals surface area contributed by atoms with Crippen LogP contribution in [0.15, 0.2) is 18.2 Å². The standard InChI is InChI=1S/C18H25NO6/c1-22-17(20)7-11-24-14-5-6-16(25-12-8-18(21)23-2)15(13-14)19-9-3-4-10-19/h5-6,13H,3-4,7-12H2,1-2H3. The van der Waals surface area contributed by atoms with Gasteiger partial charge in [0.2, 0.25) is 0 Å². The van der Waals surface area contributed by atoms with Crippen LogP contribution in [0.2, 0.25) is 0 Å². The Kier molecular flexibility index (Phi) is 7.37. The van der Waals surface area contributed by atoms with E-state index in [2.05, 4.69) is 14.4 Å². The number of methoxy groups -OCH3 is 2. The predicted octanol–water partition coefficient (Wildman–Crippen LogP) is 2.17. The van der Waals surface area contributed by atoms with Crippen LogP contribution in [0.1, 0.15) is 25.7 Å². The van der Waals surface area contributed by atoms with Crippen LogP contribution in [0.5, 0.6) is 11.5 Å². The molecule has 7 nitrogen and oxygen atoms in total. The minimum Gasteiger partial charge on any atom is -0.493 e. The zero-order valence-corrected chi connectivity index (χ0v) is 14.8. The molecule has 0 aromatic heterocycles. The third-order valence-electron chi connectivity index (χ3n) is 3.97. The molecule has 0 N–H and O–H groups in total. The van der Waals surface area contributed by atoms with Crippen LogP contribution in [0.4, 0.5) is 5.69 Å². The Morgan fingerprint density at radius 1 is 0.960 bits per heavy atom. The molecule has 1 aromatic rings. The van der Waals surface area contributed by atoms with Crippen LogP contribution >= 0.6 is 0 Å². The van der Waals surface area contributed by atoms with Crippen LogP contribution in [-0.2, 0) is 19.1 Å². The van der Waals surface area contributed by atoms with Crippen LogP contribution in [0.25, 0.3) is 0 Å². The summed E-state index contributed by atoms with van der Waals surface area (Å²) in [5.74, 6) is 0.783. The second-order valence-electron chi connectivity index (χ2n) is 5.67. The first-order chi connectivity index (χ1) is 12.1. The van der Waals surface area contributed by atoms with E-state index in [4.69, 9.17) is 9.47 Å². The summed E-state index contributed by atoms with van der Waals surface area (Å²) in [5, 5.41) is 0. The number of esters is 2. The fourth-order valence-corrected chi connectivity index (χ4v) is 2.61. The summed E-state index contributed by atoms with van der Waals surface area (Å²) in [4.78, 5) is 24.6. The number of rotatable bonds is 9. The molecule has 0 bridgehead atoms. The second kappa shape index (κ2) is 9.76. The van der Waals surface area contributed by atoms with Crippen molar-refractivity contribution in [1.29, 1.82) is 0 Å². The summed E-state index contributed by atoms with van der Waals surface area (Å²) < 4.78 is 20.6. The molecule has 1 aromatic carbocycles. The molecule has 0 aliphatic carbocycles. The quantitative estimate of drug-likeness (QED) is 0.631. The molecule has 7 heteroatoms. The summed E-state index contributed by atoms with van der Waals surface area (Å²) in [7, 11) is 2.72. The predicted molar refractivity (Wildman–Crippen MR) is 92.1 cm³/mol. The molecule has 1 heterocycles. The van der Waals surface area contributed by atoms with Crippen molar-refractivity contribution >= 4 is 17.6 Å². The lowest BCUT2D eigenvalue weighted by Gasteiger charge is -2.22. The number of carbonyl (C=O) groups is 2. The van der Waals surface area contributed by atoms with Crippen molar-refractivity contribution in [2.24, 2.45) is 0 Å². The zero-order chi connectivity index (χ0) is 18.1. The Morgan fingerprint density at radius 2 is 1.56 bits per heavy atom. The lowest BCUT2D eigenvalue weighted by atomic mass is 10.2. The van der Waals surface area contributed by atoms with Gasteiger partial charge in [0.1, 0.15) is 11.5 Å². The number of anilines is 1. The maximum atomic E-state index is 11.2. The van der Waals surface area contributed by atoms with E-state index in [1.54, 1.807) is 6.07 Å². The maximum Gasteiger partial charge on any atom is 0.308 e. The van der Waals surface area contributed by atoms with Crippen molar-refractivity contribution in [1.82, 2.24) is 0 Å². The van der Waals surface area contributed by atoms with Crippen molar-refractivity contribution in [3.63, 3.8) is 0 Å². The Bertz CT molecular complexity index is 583.